The first-order valence-electron chi connectivity index (χ1n) is 8.55. The van der Waals surface area contributed by atoms with Crippen LogP contribution >= 0.6 is 0 Å². The summed E-state index contributed by atoms with van der Waals surface area (Å²) < 4.78 is 0. The van der Waals surface area contributed by atoms with Crippen LogP contribution in [0.4, 0.5) is 0 Å². The Kier molecular flexibility index (Phi) is 4.82. The van der Waals surface area contributed by atoms with Crippen molar-refractivity contribution >= 4 is 0 Å². The second-order valence-corrected chi connectivity index (χ2v) is 8.66. The summed E-state index contributed by atoms with van der Waals surface area (Å²) >= 11 is 0. The minimum Gasteiger partial charge on any atom is -0.327 e. The zero-order valence-electron chi connectivity index (χ0n) is 14.6. The van der Waals surface area contributed by atoms with Crippen molar-refractivity contribution in [3.05, 3.63) is 35.4 Å². The molecule has 1 aromatic carbocycles. The van der Waals surface area contributed by atoms with E-state index in [1.807, 2.05) is 0 Å². The van der Waals surface area contributed by atoms with E-state index in [1.54, 1.807) is 0 Å². The highest BCUT2D eigenvalue weighted by Crippen LogP contribution is 2.42. The molecular weight excluding hydrogens is 254 g/mol. The molecule has 1 fully saturated rings. The number of benzene rings is 1. The summed E-state index contributed by atoms with van der Waals surface area (Å²) in [6.07, 6.45) is 6.36. The molecule has 0 radical (unpaired) electrons. The van der Waals surface area contributed by atoms with E-state index in [0.717, 1.165) is 6.42 Å². The maximum Gasteiger partial charge on any atom is 0.0113 e. The van der Waals surface area contributed by atoms with Crippen LogP contribution in [0.5, 0.6) is 0 Å². The summed E-state index contributed by atoms with van der Waals surface area (Å²) in [5.41, 5.74) is 10.0. The van der Waals surface area contributed by atoms with Crippen LogP contribution in [0.1, 0.15) is 71.4 Å². The van der Waals surface area contributed by atoms with Crippen LogP contribution in [-0.4, -0.2) is 6.04 Å². The van der Waals surface area contributed by atoms with Crippen molar-refractivity contribution < 1.29 is 0 Å². The second kappa shape index (κ2) is 6.12. The van der Waals surface area contributed by atoms with Gasteiger partial charge < -0.3 is 5.73 Å². The van der Waals surface area contributed by atoms with Gasteiger partial charge in [-0.3, -0.25) is 0 Å². The lowest BCUT2D eigenvalue weighted by Gasteiger charge is -2.42. The van der Waals surface area contributed by atoms with Gasteiger partial charge in [-0.15, -0.1) is 0 Å². The summed E-state index contributed by atoms with van der Waals surface area (Å²) in [6, 6.07) is 9.38. The van der Waals surface area contributed by atoms with E-state index in [1.165, 1.54) is 36.8 Å². The second-order valence-electron chi connectivity index (χ2n) is 8.66. The molecule has 0 bridgehead atoms. The molecule has 0 heterocycles. The first kappa shape index (κ1) is 16.5. The Bertz CT molecular complexity index is 450. The number of hydrogen-bond acceptors (Lipinski definition) is 1. The highest BCUT2D eigenvalue weighted by molar-refractivity contribution is 5.28. The third-order valence-corrected chi connectivity index (χ3v) is 5.40. The van der Waals surface area contributed by atoms with Crippen LogP contribution in [-0.2, 0) is 11.8 Å². The molecule has 1 saturated carbocycles. The lowest BCUT2D eigenvalue weighted by molar-refractivity contribution is 0.112. The topological polar surface area (TPSA) is 26.0 Å². The summed E-state index contributed by atoms with van der Waals surface area (Å²) in [5, 5.41) is 0. The normalized spacial score (nSPS) is 23.8. The Morgan fingerprint density at radius 3 is 2.29 bits per heavy atom. The highest BCUT2D eigenvalue weighted by Gasteiger charge is 2.35. The molecule has 1 heteroatoms. The molecule has 2 atom stereocenters. The van der Waals surface area contributed by atoms with Gasteiger partial charge in [-0.05, 0) is 47.1 Å². The van der Waals surface area contributed by atoms with Crippen molar-refractivity contribution in [3.8, 4) is 0 Å². The standard InChI is InChI=1S/C20H33N/c1-19(2,3)16-11-9-15(10-12-16)14-18(21)17-8-6-7-13-20(17,4)5/h9-12,17-18H,6-8,13-14,21H2,1-5H3. The number of rotatable bonds is 3. The molecule has 0 saturated heterocycles. The number of hydrogen-bond donors (Lipinski definition) is 1. The van der Waals surface area contributed by atoms with Crippen molar-refractivity contribution in [2.75, 3.05) is 0 Å². The van der Waals surface area contributed by atoms with E-state index in [-0.39, 0.29) is 5.41 Å². The third-order valence-electron chi connectivity index (χ3n) is 5.40. The lowest BCUT2D eigenvalue weighted by atomic mass is 9.65. The van der Waals surface area contributed by atoms with Gasteiger partial charge in [0.1, 0.15) is 0 Å². The maximum absolute atomic E-state index is 6.58. The van der Waals surface area contributed by atoms with Gasteiger partial charge in [0.25, 0.3) is 0 Å². The molecule has 0 spiro atoms. The molecule has 0 amide bonds. The van der Waals surface area contributed by atoms with Gasteiger partial charge in [-0.25, -0.2) is 0 Å². The minimum absolute atomic E-state index is 0.228. The molecule has 2 unspecified atom stereocenters. The fourth-order valence-corrected chi connectivity index (χ4v) is 3.87. The van der Waals surface area contributed by atoms with E-state index >= 15 is 0 Å². The molecule has 118 valence electrons. The lowest BCUT2D eigenvalue weighted by Crippen LogP contribution is -2.43. The molecule has 1 aliphatic carbocycles. The van der Waals surface area contributed by atoms with Gasteiger partial charge in [-0.2, -0.15) is 0 Å². The zero-order valence-corrected chi connectivity index (χ0v) is 14.6. The van der Waals surface area contributed by atoms with Crippen LogP contribution in [0.3, 0.4) is 0 Å². The summed E-state index contributed by atoms with van der Waals surface area (Å²) in [5.74, 6) is 0.661. The molecule has 2 rings (SSSR count). The van der Waals surface area contributed by atoms with Crippen LogP contribution in [0.2, 0.25) is 0 Å². The van der Waals surface area contributed by atoms with Crippen LogP contribution in [0, 0.1) is 11.3 Å². The van der Waals surface area contributed by atoms with Crippen molar-refractivity contribution in [3.63, 3.8) is 0 Å². The smallest absolute Gasteiger partial charge is 0.0113 e. The summed E-state index contributed by atoms with van der Waals surface area (Å²) in [4.78, 5) is 0. The molecule has 21 heavy (non-hydrogen) atoms. The van der Waals surface area contributed by atoms with E-state index in [2.05, 4.69) is 58.9 Å². The summed E-state index contributed by atoms with van der Waals surface area (Å²) in [6.45, 7) is 11.6. The molecule has 1 nitrogen and oxygen atoms in total. The average molecular weight is 287 g/mol. The Morgan fingerprint density at radius 2 is 1.76 bits per heavy atom. The molecule has 2 N–H and O–H groups in total. The Morgan fingerprint density at radius 1 is 1.14 bits per heavy atom. The van der Waals surface area contributed by atoms with Crippen LogP contribution < -0.4 is 5.73 Å². The molecule has 0 aliphatic heterocycles. The van der Waals surface area contributed by atoms with Crippen molar-refractivity contribution in [1.29, 1.82) is 0 Å². The maximum atomic E-state index is 6.58. The Hall–Kier alpha value is -0.820. The quantitative estimate of drug-likeness (QED) is 0.825. The van der Waals surface area contributed by atoms with Gasteiger partial charge >= 0.3 is 0 Å². The largest absolute Gasteiger partial charge is 0.327 e. The van der Waals surface area contributed by atoms with Gasteiger partial charge in [0, 0.05) is 6.04 Å². The molecule has 1 aliphatic rings. The molecule has 0 aromatic heterocycles. The predicted molar refractivity (Wildman–Crippen MR) is 92.6 cm³/mol. The fourth-order valence-electron chi connectivity index (χ4n) is 3.87. The van der Waals surface area contributed by atoms with Gasteiger partial charge in [0.05, 0.1) is 0 Å². The van der Waals surface area contributed by atoms with Crippen molar-refractivity contribution in [1.82, 2.24) is 0 Å². The molecule has 1 aromatic rings. The SMILES string of the molecule is CC(C)(C)c1ccc(CC(N)C2CCCCC2(C)C)cc1. The monoisotopic (exact) mass is 287 g/mol. The fraction of sp³-hybridized carbons (Fsp3) is 0.700. The third kappa shape index (κ3) is 4.10. The van der Waals surface area contributed by atoms with E-state index in [0.29, 0.717) is 17.4 Å². The summed E-state index contributed by atoms with van der Waals surface area (Å²) in [7, 11) is 0. The first-order valence-corrected chi connectivity index (χ1v) is 8.55. The minimum atomic E-state index is 0.228. The van der Waals surface area contributed by atoms with E-state index in [9.17, 15) is 0 Å². The first-order chi connectivity index (χ1) is 9.70. The van der Waals surface area contributed by atoms with Crippen molar-refractivity contribution in [2.45, 2.75) is 78.2 Å². The predicted octanol–water partition coefficient (Wildman–Crippen LogP) is 5.07. The zero-order chi connectivity index (χ0) is 15.7. The molecular formula is C20H33N. The Labute approximate surface area is 131 Å². The van der Waals surface area contributed by atoms with Gasteiger partial charge in [0.2, 0.25) is 0 Å². The van der Waals surface area contributed by atoms with Gasteiger partial charge in [-0.1, -0.05) is 71.7 Å². The van der Waals surface area contributed by atoms with Gasteiger partial charge in [0.15, 0.2) is 0 Å². The Balaban J connectivity index is 2.04. The number of nitrogens with two attached hydrogens (primary N) is 1. The van der Waals surface area contributed by atoms with Crippen LogP contribution in [0.25, 0.3) is 0 Å². The van der Waals surface area contributed by atoms with Crippen molar-refractivity contribution in [2.24, 2.45) is 17.1 Å². The highest BCUT2D eigenvalue weighted by atomic mass is 14.7. The average Bonchev–Trinajstić information content (AvgIpc) is 2.37. The van der Waals surface area contributed by atoms with E-state index < -0.39 is 0 Å². The van der Waals surface area contributed by atoms with Crippen LogP contribution in [0.15, 0.2) is 24.3 Å². The van der Waals surface area contributed by atoms with E-state index in [4.69, 9.17) is 5.73 Å².